The number of nitrogens with one attached hydrogen (secondary N) is 4. The molecule has 146 valence electrons. The molecule has 1 atom stereocenters. The number of hydrogen-bond acceptors (Lipinski definition) is 3. The van der Waals surface area contributed by atoms with Crippen LogP contribution in [0.1, 0.15) is 44.0 Å². The smallest absolute Gasteiger partial charge is 0.319 e. The molecule has 0 aliphatic carbocycles. The van der Waals surface area contributed by atoms with Crippen LogP contribution < -0.4 is 21.3 Å². The van der Waals surface area contributed by atoms with Gasteiger partial charge in [0.05, 0.1) is 10.6 Å². The normalized spacial score (nSPS) is 17.0. The van der Waals surface area contributed by atoms with Crippen molar-refractivity contribution in [2.45, 2.75) is 39.2 Å². The van der Waals surface area contributed by atoms with Gasteiger partial charge in [-0.3, -0.25) is 4.79 Å². The van der Waals surface area contributed by atoms with E-state index in [2.05, 4.69) is 21.3 Å². The fourth-order valence-electron chi connectivity index (χ4n) is 2.71. The number of halogens is 2. The molecule has 1 fully saturated rings. The fourth-order valence-corrected chi connectivity index (χ4v) is 2.91. The zero-order valence-electron chi connectivity index (χ0n) is 15.4. The van der Waals surface area contributed by atoms with E-state index in [1.807, 2.05) is 20.8 Å². The summed E-state index contributed by atoms with van der Waals surface area (Å²) in [5, 5.41) is 12.2. The molecule has 1 unspecified atom stereocenters. The molecule has 0 spiro atoms. The molecular formula is C18H28Cl2N4O2. The molecule has 2 rings (SSSR count). The number of anilines is 1. The molecular weight excluding hydrogens is 375 g/mol. The van der Waals surface area contributed by atoms with Gasteiger partial charge in [-0.05, 0) is 70.8 Å². The van der Waals surface area contributed by atoms with Gasteiger partial charge in [0.25, 0.3) is 5.91 Å². The Morgan fingerprint density at radius 3 is 2.65 bits per heavy atom. The van der Waals surface area contributed by atoms with Gasteiger partial charge in [0.1, 0.15) is 0 Å². The van der Waals surface area contributed by atoms with Crippen molar-refractivity contribution in [1.82, 2.24) is 16.0 Å². The summed E-state index contributed by atoms with van der Waals surface area (Å²) in [5.74, 6) is 0.214. The number of rotatable bonds is 4. The van der Waals surface area contributed by atoms with Crippen molar-refractivity contribution in [3.63, 3.8) is 0 Å². The summed E-state index contributed by atoms with van der Waals surface area (Å²) in [7, 11) is 0. The molecule has 1 aliphatic heterocycles. The molecule has 1 aromatic carbocycles. The summed E-state index contributed by atoms with van der Waals surface area (Å²) in [6.07, 6.45) is 2.24. The number of carbonyl (C=O) groups is 2. The van der Waals surface area contributed by atoms with Crippen LogP contribution in [0, 0.1) is 5.92 Å². The van der Waals surface area contributed by atoms with Gasteiger partial charge in [-0.1, -0.05) is 11.6 Å². The molecule has 1 heterocycles. The summed E-state index contributed by atoms with van der Waals surface area (Å²) in [4.78, 5) is 24.4. The van der Waals surface area contributed by atoms with Gasteiger partial charge in [0, 0.05) is 17.8 Å². The second kappa shape index (κ2) is 10.00. The van der Waals surface area contributed by atoms with Crippen molar-refractivity contribution in [2.75, 3.05) is 25.0 Å². The first-order chi connectivity index (χ1) is 11.7. The lowest BCUT2D eigenvalue weighted by Gasteiger charge is -2.23. The largest absolute Gasteiger partial charge is 0.352 e. The van der Waals surface area contributed by atoms with E-state index >= 15 is 0 Å². The maximum Gasteiger partial charge on any atom is 0.319 e. The number of urea groups is 1. The van der Waals surface area contributed by atoms with Gasteiger partial charge in [0.2, 0.25) is 0 Å². The van der Waals surface area contributed by atoms with Gasteiger partial charge in [-0.2, -0.15) is 0 Å². The van der Waals surface area contributed by atoms with Crippen LogP contribution in [0.3, 0.4) is 0 Å². The zero-order valence-corrected chi connectivity index (χ0v) is 17.0. The van der Waals surface area contributed by atoms with Crippen molar-refractivity contribution in [3.8, 4) is 0 Å². The molecule has 0 radical (unpaired) electrons. The quantitative estimate of drug-likeness (QED) is 0.622. The third-order valence-electron chi connectivity index (χ3n) is 3.91. The van der Waals surface area contributed by atoms with E-state index in [-0.39, 0.29) is 29.9 Å². The Hall–Kier alpha value is -1.50. The predicted molar refractivity (Wildman–Crippen MR) is 109 cm³/mol. The van der Waals surface area contributed by atoms with E-state index in [9.17, 15) is 9.59 Å². The minimum atomic E-state index is -0.343. The molecule has 3 amide bonds. The monoisotopic (exact) mass is 402 g/mol. The van der Waals surface area contributed by atoms with Crippen LogP contribution in [0.2, 0.25) is 5.02 Å². The van der Waals surface area contributed by atoms with Gasteiger partial charge >= 0.3 is 6.03 Å². The Bertz CT molecular complexity index is 626. The highest BCUT2D eigenvalue weighted by Crippen LogP contribution is 2.21. The van der Waals surface area contributed by atoms with Crippen molar-refractivity contribution in [2.24, 2.45) is 5.92 Å². The SMILES string of the molecule is CC(C)(C)NC(=O)Nc1ccc(Cl)c(C(=O)NCC2CCCNC2)c1.Cl. The zero-order chi connectivity index (χ0) is 18.4. The molecule has 26 heavy (non-hydrogen) atoms. The number of carbonyl (C=O) groups excluding carboxylic acids is 2. The molecule has 0 bridgehead atoms. The predicted octanol–water partition coefficient (Wildman–Crippen LogP) is 3.41. The maximum absolute atomic E-state index is 12.4. The van der Waals surface area contributed by atoms with Gasteiger partial charge in [-0.25, -0.2) is 4.79 Å². The van der Waals surface area contributed by atoms with Crippen molar-refractivity contribution in [1.29, 1.82) is 0 Å². The van der Waals surface area contributed by atoms with Gasteiger partial charge in [-0.15, -0.1) is 12.4 Å². The Morgan fingerprint density at radius 1 is 1.31 bits per heavy atom. The average Bonchev–Trinajstić information content (AvgIpc) is 2.53. The topological polar surface area (TPSA) is 82.3 Å². The Kier molecular flexibility index (Phi) is 8.67. The minimum absolute atomic E-state index is 0. The second-order valence-corrected chi connectivity index (χ2v) is 7.85. The standard InChI is InChI=1S/C18H27ClN4O2.ClH/c1-18(2,3)23-17(25)22-13-6-7-15(19)14(9-13)16(24)21-11-12-5-4-8-20-10-12;/h6-7,9,12,20H,4-5,8,10-11H2,1-3H3,(H,21,24)(H2,22,23,25);1H. The fraction of sp³-hybridized carbons (Fsp3) is 0.556. The van der Waals surface area contributed by atoms with Crippen molar-refractivity contribution >= 4 is 41.6 Å². The number of piperidine rings is 1. The van der Waals surface area contributed by atoms with Gasteiger partial charge in [0.15, 0.2) is 0 Å². The van der Waals surface area contributed by atoms with Crippen LogP contribution in [0.5, 0.6) is 0 Å². The lowest BCUT2D eigenvalue weighted by atomic mass is 9.99. The summed E-state index contributed by atoms with van der Waals surface area (Å²) in [6, 6.07) is 4.56. The van der Waals surface area contributed by atoms with E-state index in [0.717, 1.165) is 25.9 Å². The number of hydrogen-bond donors (Lipinski definition) is 4. The maximum atomic E-state index is 12.4. The van der Waals surface area contributed by atoms with Crippen molar-refractivity contribution in [3.05, 3.63) is 28.8 Å². The minimum Gasteiger partial charge on any atom is -0.352 e. The molecule has 6 nitrogen and oxygen atoms in total. The molecule has 0 saturated carbocycles. The number of amides is 3. The second-order valence-electron chi connectivity index (χ2n) is 7.45. The summed E-state index contributed by atoms with van der Waals surface area (Å²) < 4.78 is 0. The lowest BCUT2D eigenvalue weighted by Crippen LogP contribution is -2.43. The van der Waals surface area contributed by atoms with E-state index in [1.165, 1.54) is 0 Å². The molecule has 1 aliphatic rings. The number of benzene rings is 1. The first-order valence-electron chi connectivity index (χ1n) is 8.62. The Morgan fingerprint density at radius 2 is 2.04 bits per heavy atom. The highest BCUT2D eigenvalue weighted by molar-refractivity contribution is 6.34. The van der Waals surface area contributed by atoms with Crippen LogP contribution in [-0.4, -0.2) is 37.1 Å². The first kappa shape index (κ1) is 22.5. The average molecular weight is 403 g/mol. The first-order valence-corrected chi connectivity index (χ1v) is 9.00. The molecule has 1 aromatic rings. The third kappa shape index (κ3) is 7.40. The van der Waals surface area contributed by atoms with Crippen LogP contribution in [0.15, 0.2) is 18.2 Å². The highest BCUT2D eigenvalue weighted by atomic mass is 35.5. The Balaban J connectivity index is 0.00000338. The Labute approximate surface area is 166 Å². The van der Waals surface area contributed by atoms with E-state index < -0.39 is 0 Å². The van der Waals surface area contributed by atoms with E-state index in [1.54, 1.807) is 18.2 Å². The molecule has 4 N–H and O–H groups in total. The van der Waals surface area contributed by atoms with E-state index in [0.29, 0.717) is 28.7 Å². The third-order valence-corrected chi connectivity index (χ3v) is 4.24. The summed E-state index contributed by atoms with van der Waals surface area (Å²) >= 11 is 6.15. The molecule has 0 aromatic heterocycles. The van der Waals surface area contributed by atoms with Gasteiger partial charge < -0.3 is 21.3 Å². The lowest BCUT2D eigenvalue weighted by molar-refractivity contribution is 0.0945. The molecule has 1 saturated heterocycles. The van der Waals surface area contributed by atoms with Crippen molar-refractivity contribution < 1.29 is 9.59 Å². The molecule has 8 heteroatoms. The van der Waals surface area contributed by atoms with Crippen LogP contribution >= 0.6 is 24.0 Å². The van der Waals surface area contributed by atoms with Crippen LogP contribution in [0.4, 0.5) is 10.5 Å². The van der Waals surface area contributed by atoms with E-state index in [4.69, 9.17) is 11.6 Å². The van der Waals surface area contributed by atoms with Crippen LogP contribution in [0.25, 0.3) is 0 Å². The summed E-state index contributed by atoms with van der Waals surface area (Å²) in [5.41, 5.74) is 0.541. The van der Waals surface area contributed by atoms with Crippen LogP contribution in [-0.2, 0) is 0 Å². The highest BCUT2D eigenvalue weighted by Gasteiger charge is 2.18. The summed E-state index contributed by atoms with van der Waals surface area (Å²) in [6.45, 7) is 8.27.